The summed E-state index contributed by atoms with van der Waals surface area (Å²) in [4.78, 5) is 2.30. The summed E-state index contributed by atoms with van der Waals surface area (Å²) in [7, 11) is 0. The lowest BCUT2D eigenvalue weighted by Crippen LogP contribution is -2.47. The van der Waals surface area contributed by atoms with Crippen LogP contribution in [-0.2, 0) is 0 Å². The topological polar surface area (TPSA) is 101 Å². The number of fused-ring (bicyclic) bond motifs is 1. The largest absolute Gasteiger partial charge is 0.399 e. The molecule has 2 N–H and O–H groups in total. The third kappa shape index (κ3) is 3.04. The van der Waals surface area contributed by atoms with Crippen LogP contribution in [-0.4, -0.2) is 24.5 Å². The van der Waals surface area contributed by atoms with Crippen LogP contribution >= 0.6 is 15.9 Å². The monoisotopic (exact) mass is 421 g/mol. The van der Waals surface area contributed by atoms with Crippen molar-refractivity contribution in [2.75, 3.05) is 19.6 Å². The van der Waals surface area contributed by atoms with Gasteiger partial charge < -0.3 is 5.73 Å². The Labute approximate surface area is 168 Å². The van der Waals surface area contributed by atoms with Crippen molar-refractivity contribution in [1.82, 2.24) is 4.90 Å². The van der Waals surface area contributed by atoms with Crippen LogP contribution in [0.15, 0.2) is 51.7 Å². The molecule has 5 nitrogen and oxygen atoms in total. The molecule has 0 spiro atoms. The zero-order chi connectivity index (χ0) is 19.6. The average Bonchev–Trinajstić information content (AvgIpc) is 2.68. The maximum Gasteiger partial charge on any atom is 0.204 e. The molecule has 2 atom stereocenters. The molecule has 0 bridgehead atoms. The van der Waals surface area contributed by atoms with E-state index in [2.05, 4.69) is 46.0 Å². The Hall–Kier alpha value is -2.59. The first-order valence-corrected chi connectivity index (χ1v) is 9.72. The van der Waals surface area contributed by atoms with E-state index in [4.69, 9.17) is 5.73 Å². The number of nitriles is 3. The SMILES string of the molecule is CCCN1CC=C2C(C1)C(c1cccc(Br)c1)C(C#N)=C(N)C2(C#N)C#N. The minimum absolute atomic E-state index is 0.0754. The molecule has 2 aliphatic rings. The van der Waals surface area contributed by atoms with Crippen molar-refractivity contribution in [2.24, 2.45) is 17.1 Å². The molecule has 6 heteroatoms. The first-order chi connectivity index (χ1) is 13.0. The Balaban J connectivity index is 2.26. The van der Waals surface area contributed by atoms with Crippen LogP contribution in [0, 0.1) is 45.3 Å². The van der Waals surface area contributed by atoms with E-state index in [0.29, 0.717) is 18.7 Å². The molecule has 1 aromatic rings. The summed E-state index contributed by atoms with van der Waals surface area (Å²) in [5.74, 6) is -0.408. The summed E-state index contributed by atoms with van der Waals surface area (Å²) in [6, 6.07) is 14.3. The van der Waals surface area contributed by atoms with Crippen LogP contribution in [0.4, 0.5) is 0 Å². The lowest BCUT2D eigenvalue weighted by Gasteiger charge is -2.45. The van der Waals surface area contributed by atoms with Crippen molar-refractivity contribution in [3.8, 4) is 18.2 Å². The molecule has 0 fully saturated rings. The molecule has 1 heterocycles. The molecule has 0 amide bonds. The van der Waals surface area contributed by atoms with Crippen molar-refractivity contribution in [3.63, 3.8) is 0 Å². The highest BCUT2D eigenvalue weighted by Gasteiger charge is 2.52. The third-order valence-electron chi connectivity index (χ3n) is 5.47. The van der Waals surface area contributed by atoms with Gasteiger partial charge in [0, 0.05) is 29.4 Å². The van der Waals surface area contributed by atoms with Crippen LogP contribution < -0.4 is 5.73 Å². The molecule has 0 radical (unpaired) electrons. The predicted octanol–water partition coefficient (Wildman–Crippen LogP) is 3.58. The van der Waals surface area contributed by atoms with E-state index in [1.807, 2.05) is 30.3 Å². The Bertz CT molecular complexity index is 927. The van der Waals surface area contributed by atoms with Gasteiger partial charge in [-0.2, -0.15) is 15.8 Å². The fourth-order valence-corrected chi connectivity index (χ4v) is 4.69. The highest BCUT2D eigenvalue weighted by Crippen LogP contribution is 2.52. The summed E-state index contributed by atoms with van der Waals surface area (Å²) in [6.45, 7) is 4.43. The van der Waals surface area contributed by atoms with Crippen LogP contribution in [0.2, 0.25) is 0 Å². The van der Waals surface area contributed by atoms with Crippen molar-refractivity contribution >= 4 is 15.9 Å². The molecule has 3 rings (SSSR count). The number of hydrogen-bond acceptors (Lipinski definition) is 5. The van der Waals surface area contributed by atoms with Crippen molar-refractivity contribution in [3.05, 3.63) is 57.2 Å². The standard InChI is InChI=1S/C21H20BrN5/c1-2-7-27-8-6-18-17(11-27)19(14-4-3-5-15(22)9-14)16(10-23)20(26)21(18,12-24)13-25/h3-6,9,17,19H,2,7-8,11,26H2,1H3. The van der Waals surface area contributed by atoms with Gasteiger partial charge in [-0.3, -0.25) is 4.90 Å². The number of allylic oxidation sites excluding steroid dienone is 2. The predicted molar refractivity (Wildman–Crippen MR) is 106 cm³/mol. The van der Waals surface area contributed by atoms with Crippen LogP contribution in [0.5, 0.6) is 0 Å². The Morgan fingerprint density at radius 3 is 2.63 bits per heavy atom. The normalized spacial score (nSPS) is 24.2. The highest BCUT2D eigenvalue weighted by atomic mass is 79.9. The minimum Gasteiger partial charge on any atom is -0.399 e. The first kappa shape index (κ1) is 19.2. The molecule has 0 saturated heterocycles. The van der Waals surface area contributed by atoms with E-state index >= 15 is 0 Å². The lowest BCUT2D eigenvalue weighted by molar-refractivity contribution is 0.225. The molecule has 0 saturated carbocycles. The molecule has 136 valence electrons. The van der Waals surface area contributed by atoms with Gasteiger partial charge in [-0.15, -0.1) is 0 Å². The lowest BCUT2D eigenvalue weighted by atomic mass is 9.60. The number of nitrogens with two attached hydrogens (primary N) is 1. The second-order valence-electron chi connectivity index (χ2n) is 6.97. The van der Waals surface area contributed by atoms with Crippen molar-refractivity contribution in [2.45, 2.75) is 19.3 Å². The van der Waals surface area contributed by atoms with E-state index in [1.165, 1.54) is 0 Å². The molecule has 1 aromatic carbocycles. The van der Waals surface area contributed by atoms with E-state index in [1.54, 1.807) is 0 Å². The summed E-state index contributed by atoms with van der Waals surface area (Å²) in [5.41, 5.74) is 6.85. The number of hydrogen-bond donors (Lipinski definition) is 1. The van der Waals surface area contributed by atoms with Gasteiger partial charge >= 0.3 is 0 Å². The van der Waals surface area contributed by atoms with Crippen LogP contribution in [0.3, 0.4) is 0 Å². The zero-order valence-electron chi connectivity index (χ0n) is 15.1. The summed E-state index contributed by atoms with van der Waals surface area (Å²) < 4.78 is 0.917. The maximum atomic E-state index is 9.89. The van der Waals surface area contributed by atoms with Gasteiger partial charge in [0.25, 0.3) is 0 Å². The minimum atomic E-state index is -1.56. The number of rotatable bonds is 3. The molecule has 2 unspecified atom stereocenters. The Kier molecular flexibility index (Phi) is 5.38. The average molecular weight is 422 g/mol. The summed E-state index contributed by atoms with van der Waals surface area (Å²) in [5, 5.41) is 29.6. The van der Waals surface area contributed by atoms with Gasteiger partial charge in [0.2, 0.25) is 5.41 Å². The molecular weight excluding hydrogens is 402 g/mol. The molecule has 1 aliphatic heterocycles. The summed E-state index contributed by atoms with van der Waals surface area (Å²) in [6.07, 6.45) is 2.99. The zero-order valence-corrected chi connectivity index (χ0v) is 16.7. The smallest absolute Gasteiger partial charge is 0.204 e. The van der Waals surface area contributed by atoms with Gasteiger partial charge in [-0.1, -0.05) is 41.1 Å². The van der Waals surface area contributed by atoms with Gasteiger partial charge in [0.05, 0.1) is 29.5 Å². The van der Waals surface area contributed by atoms with Crippen LogP contribution in [0.25, 0.3) is 0 Å². The number of nitrogens with zero attached hydrogens (tertiary/aromatic N) is 4. The third-order valence-corrected chi connectivity index (χ3v) is 5.96. The van der Waals surface area contributed by atoms with Gasteiger partial charge in [0.1, 0.15) is 0 Å². The quantitative estimate of drug-likeness (QED) is 0.751. The first-order valence-electron chi connectivity index (χ1n) is 8.93. The van der Waals surface area contributed by atoms with Gasteiger partial charge in [-0.25, -0.2) is 0 Å². The van der Waals surface area contributed by atoms with Crippen molar-refractivity contribution in [1.29, 1.82) is 15.8 Å². The van der Waals surface area contributed by atoms with E-state index in [9.17, 15) is 15.8 Å². The van der Waals surface area contributed by atoms with E-state index < -0.39 is 5.41 Å². The fourth-order valence-electron chi connectivity index (χ4n) is 4.27. The number of benzene rings is 1. The van der Waals surface area contributed by atoms with E-state index in [0.717, 1.165) is 28.6 Å². The second-order valence-corrected chi connectivity index (χ2v) is 7.89. The van der Waals surface area contributed by atoms with Crippen molar-refractivity contribution < 1.29 is 0 Å². The fraction of sp³-hybridized carbons (Fsp3) is 0.381. The van der Waals surface area contributed by atoms with Gasteiger partial charge in [0.15, 0.2) is 0 Å². The second kappa shape index (κ2) is 7.57. The molecular formula is C21H20BrN5. The Morgan fingerprint density at radius 2 is 2.04 bits per heavy atom. The van der Waals surface area contributed by atoms with Gasteiger partial charge in [-0.05, 0) is 36.2 Å². The Morgan fingerprint density at radius 1 is 1.30 bits per heavy atom. The summed E-state index contributed by atoms with van der Waals surface area (Å²) >= 11 is 3.50. The maximum absolute atomic E-state index is 9.89. The molecule has 1 aliphatic carbocycles. The van der Waals surface area contributed by atoms with Crippen LogP contribution in [0.1, 0.15) is 24.8 Å². The highest BCUT2D eigenvalue weighted by molar-refractivity contribution is 9.10. The molecule has 27 heavy (non-hydrogen) atoms. The number of halogens is 1. The molecule has 0 aromatic heterocycles. The van der Waals surface area contributed by atoms with E-state index in [-0.39, 0.29) is 17.5 Å².